The van der Waals surface area contributed by atoms with Crippen molar-refractivity contribution in [3.8, 4) is 0 Å². The van der Waals surface area contributed by atoms with E-state index in [0.717, 1.165) is 30.6 Å². The summed E-state index contributed by atoms with van der Waals surface area (Å²) in [4.78, 5) is 0. The molecule has 3 heteroatoms. The molecule has 0 aromatic heterocycles. The molecule has 0 radical (unpaired) electrons. The number of anilines is 1. The second-order valence-electron chi connectivity index (χ2n) is 4.44. The van der Waals surface area contributed by atoms with E-state index >= 15 is 0 Å². The van der Waals surface area contributed by atoms with E-state index in [1.54, 1.807) is 17.1 Å². The SMILES string of the molecule is C/C=C\C=CCC/C(=C/CC)N(N)c1ccc(F)cc1. The average molecular weight is 274 g/mol. The molecule has 0 spiro atoms. The molecule has 0 aliphatic carbocycles. The van der Waals surface area contributed by atoms with E-state index in [1.165, 1.54) is 12.1 Å². The molecule has 0 fully saturated rings. The van der Waals surface area contributed by atoms with E-state index in [4.69, 9.17) is 5.84 Å². The van der Waals surface area contributed by atoms with Crippen LogP contribution < -0.4 is 10.9 Å². The topological polar surface area (TPSA) is 29.3 Å². The van der Waals surface area contributed by atoms with Crippen LogP contribution in [-0.2, 0) is 0 Å². The summed E-state index contributed by atoms with van der Waals surface area (Å²) in [5, 5.41) is 1.63. The Hall–Kier alpha value is -1.87. The lowest BCUT2D eigenvalue weighted by Crippen LogP contribution is -2.30. The summed E-state index contributed by atoms with van der Waals surface area (Å²) < 4.78 is 12.9. The van der Waals surface area contributed by atoms with Crippen molar-refractivity contribution in [1.82, 2.24) is 0 Å². The lowest BCUT2D eigenvalue weighted by molar-refractivity contribution is 0.627. The van der Waals surface area contributed by atoms with Crippen molar-refractivity contribution in [2.24, 2.45) is 5.84 Å². The number of allylic oxidation sites excluding steroid dienone is 6. The van der Waals surface area contributed by atoms with E-state index in [1.807, 2.05) is 25.2 Å². The van der Waals surface area contributed by atoms with E-state index in [9.17, 15) is 4.39 Å². The Labute approximate surface area is 121 Å². The van der Waals surface area contributed by atoms with Crippen molar-refractivity contribution in [3.05, 3.63) is 66.2 Å². The summed E-state index contributed by atoms with van der Waals surface area (Å²) in [6.45, 7) is 4.07. The largest absolute Gasteiger partial charge is 0.284 e. The van der Waals surface area contributed by atoms with Gasteiger partial charge in [-0.25, -0.2) is 10.2 Å². The number of halogens is 1. The maximum atomic E-state index is 12.9. The Kier molecular flexibility index (Phi) is 7.36. The quantitative estimate of drug-likeness (QED) is 0.443. The highest BCUT2D eigenvalue weighted by molar-refractivity contribution is 5.50. The molecule has 0 aliphatic rings. The van der Waals surface area contributed by atoms with Crippen LogP contribution in [0.3, 0.4) is 0 Å². The monoisotopic (exact) mass is 274 g/mol. The van der Waals surface area contributed by atoms with Crippen LogP contribution in [0.15, 0.2) is 60.3 Å². The van der Waals surface area contributed by atoms with Crippen molar-refractivity contribution in [3.63, 3.8) is 0 Å². The summed E-state index contributed by atoms with van der Waals surface area (Å²) in [6.07, 6.45) is 12.9. The van der Waals surface area contributed by atoms with Crippen molar-refractivity contribution in [1.29, 1.82) is 0 Å². The van der Waals surface area contributed by atoms with Crippen LogP contribution in [0.1, 0.15) is 33.1 Å². The van der Waals surface area contributed by atoms with Gasteiger partial charge in [-0.15, -0.1) is 0 Å². The van der Waals surface area contributed by atoms with Crippen LogP contribution in [0, 0.1) is 5.82 Å². The average Bonchev–Trinajstić information content (AvgIpc) is 2.46. The number of hydrogen-bond acceptors (Lipinski definition) is 2. The zero-order valence-corrected chi connectivity index (χ0v) is 12.2. The van der Waals surface area contributed by atoms with Crippen LogP contribution in [0.5, 0.6) is 0 Å². The molecule has 0 saturated carbocycles. The van der Waals surface area contributed by atoms with Crippen LogP contribution in [0.25, 0.3) is 0 Å². The fourth-order valence-electron chi connectivity index (χ4n) is 1.84. The standard InChI is InChI=1S/C17H23FN2/c1-3-5-6-7-8-10-16(9-4-2)20(19)17-13-11-15(18)12-14-17/h3,5-7,9,11-14H,4,8,10,19H2,1-2H3/b5-3-,7-6?,16-9-. The van der Waals surface area contributed by atoms with E-state index in [0.29, 0.717) is 0 Å². The third-order valence-electron chi connectivity index (χ3n) is 2.86. The number of nitrogens with two attached hydrogens (primary N) is 1. The molecule has 1 aromatic carbocycles. The zero-order chi connectivity index (χ0) is 14.8. The first-order chi connectivity index (χ1) is 9.69. The Morgan fingerprint density at radius 3 is 2.55 bits per heavy atom. The maximum Gasteiger partial charge on any atom is 0.123 e. The fourth-order valence-corrected chi connectivity index (χ4v) is 1.84. The minimum Gasteiger partial charge on any atom is -0.284 e. The van der Waals surface area contributed by atoms with Crippen LogP contribution in [0.4, 0.5) is 10.1 Å². The molecular weight excluding hydrogens is 251 g/mol. The molecule has 2 N–H and O–H groups in total. The van der Waals surface area contributed by atoms with Gasteiger partial charge >= 0.3 is 0 Å². The van der Waals surface area contributed by atoms with Crippen LogP contribution in [0.2, 0.25) is 0 Å². The molecule has 1 aromatic rings. The predicted molar refractivity (Wildman–Crippen MR) is 84.6 cm³/mol. The molecule has 0 bridgehead atoms. The van der Waals surface area contributed by atoms with E-state index < -0.39 is 0 Å². The highest BCUT2D eigenvalue weighted by atomic mass is 19.1. The third kappa shape index (κ3) is 5.41. The Morgan fingerprint density at radius 1 is 1.25 bits per heavy atom. The summed E-state index contributed by atoms with van der Waals surface area (Å²) in [6, 6.07) is 6.22. The summed E-state index contributed by atoms with van der Waals surface area (Å²) >= 11 is 0. The number of benzene rings is 1. The minimum absolute atomic E-state index is 0.252. The van der Waals surface area contributed by atoms with Gasteiger partial charge in [0, 0.05) is 5.70 Å². The molecule has 0 aliphatic heterocycles. The maximum absolute atomic E-state index is 12.9. The first kappa shape index (κ1) is 16.2. The van der Waals surface area contributed by atoms with Gasteiger partial charge in [0.25, 0.3) is 0 Å². The van der Waals surface area contributed by atoms with Gasteiger partial charge in [-0.05, 0) is 50.5 Å². The Balaban J connectivity index is 2.70. The Bertz CT molecular complexity index is 472. The highest BCUT2D eigenvalue weighted by Gasteiger charge is 2.07. The van der Waals surface area contributed by atoms with Crippen LogP contribution in [-0.4, -0.2) is 0 Å². The molecule has 20 heavy (non-hydrogen) atoms. The van der Waals surface area contributed by atoms with E-state index in [2.05, 4.69) is 19.1 Å². The van der Waals surface area contributed by atoms with Gasteiger partial charge in [-0.3, -0.25) is 5.01 Å². The number of rotatable bonds is 7. The van der Waals surface area contributed by atoms with Crippen molar-refractivity contribution in [2.45, 2.75) is 33.1 Å². The van der Waals surface area contributed by atoms with Gasteiger partial charge in [-0.2, -0.15) is 0 Å². The van der Waals surface area contributed by atoms with Gasteiger partial charge in [0.1, 0.15) is 5.82 Å². The molecule has 0 heterocycles. The Morgan fingerprint density at radius 2 is 1.95 bits per heavy atom. The molecule has 1 rings (SSSR count). The second kappa shape index (κ2) is 9.10. The minimum atomic E-state index is -0.252. The second-order valence-corrected chi connectivity index (χ2v) is 4.44. The molecule has 108 valence electrons. The van der Waals surface area contributed by atoms with Gasteiger partial charge in [-0.1, -0.05) is 37.3 Å². The molecule has 2 nitrogen and oxygen atoms in total. The predicted octanol–water partition coefficient (Wildman–Crippen LogP) is 4.71. The summed E-state index contributed by atoms with van der Waals surface area (Å²) in [5.74, 6) is 5.87. The van der Waals surface area contributed by atoms with Gasteiger partial charge in [0.05, 0.1) is 5.69 Å². The highest BCUT2D eigenvalue weighted by Crippen LogP contribution is 2.19. The normalized spacial score (nSPS) is 12.5. The fraction of sp³-hybridized carbons (Fsp3) is 0.294. The molecular formula is C17H23FN2. The molecule has 0 amide bonds. The lowest BCUT2D eigenvalue weighted by atomic mass is 10.1. The van der Waals surface area contributed by atoms with Crippen LogP contribution >= 0.6 is 0 Å². The molecule has 0 saturated heterocycles. The molecule has 0 atom stereocenters. The zero-order valence-electron chi connectivity index (χ0n) is 12.2. The van der Waals surface area contributed by atoms with Crippen molar-refractivity contribution < 1.29 is 4.39 Å². The van der Waals surface area contributed by atoms with Gasteiger partial charge < -0.3 is 0 Å². The first-order valence-corrected chi connectivity index (χ1v) is 6.96. The number of nitrogens with zero attached hydrogens (tertiary/aromatic N) is 1. The number of hydrazine groups is 1. The van der Waals surface area contributed by atoms with Crippen molar-refractivity contribution >= 4 is 5.69 Å². The van der Waals surface area contributed by atoms with Gasteiger partial charge in [0.2, 0.25) is 0 Å². The first-order valence-electron chi connectivity index (χ1n) is 6.96. The number of hydrogen-bond donors (Lipinski definition) is 1. The summed E-state index contributed by atoms with van der Waals surface area (Å²) in [7, 11) is 0. The summed E-state index contributed by atoms with van der Waals surface area (Å²) in [5.41, 5.74) is 1.84. The smallest absolute Gasteiger partial charge is 0.123 e. The third-order valence-corrected chi connectivity index (χ3v) is 2.86. The van der Waals surface area contributed by atoms with E-state index in [-0.39, 0.29) is 5.82 Å². The van der Waals surface area contributed by atoms with Gasteiger partial charge in [0.15, 0.2) is 0 Å². The lowest BCUT2D eigenvalue weighted by Gasteiger charge is -2.22. The molecule has 0 unspecified atom stereocenters. The van der Waals surface area contributed by atoms with Crippen molar-refractivity contribution in [2.75, 3.05) is 5.01 Å².